The Kier molecular flexibility index (Phi) is 3.37. The lowest BCUT2D eigenvalue weighted by Gasteiger charge is -2.55. The Hall–Kier alpha value is -1.28. The van der Waals surface area contributed by atoms with Crippen molar-refractivity contribution in [2.75, 3.05) is 6.54 Å². The molecule has 1 heterocycles. The molecule has 0 saturated carbocycles. The van der Waals surface area contributed by atoms with Crippen LogP contribution in [0, 0.1) is 11.8 Å². The average Bonchev–Trinajstić information content (AvgIpc) is 2.41. The molecule has 1 aromatic carbocycles. The zero-order chi connectivity index (χ0) is 14.3. The number of hydrogen-bond donors (Lipinski definition) is 2. The summed E-state index contributed by atoms with van der Waals surface area (Å²) < 4.78 is 0. The van der Waals surface area contributed by atoms with Crippen LogP contribution in [0.2, 0.25) is 0 Å². The summed E-state index contributed by atoms with van der Waals surface area (Å²) in [7, 11) is 0. The van der Waals surface area contributed by atoms with Crippen molar-refractivity contribution in [2.45, 2.75) is 44.6 Å². The highest BCUT2D eigenvalue weighted by molar-refractivity contribution is 5.45. The summed E-state index contributed by atoms with van der Waals surface area (Å²) in [5, 5.41) is 13.7. The van der Waals surface area contributed by atoms with E-state index >= 15 is 0 Å². The number of aromatic hydroxyl groups is 1. The number of nitrogens with one attached hydrogen (secondary N) is 1. The van der Waals surface area contributed by atoms with E-state index in [4.69, 9.17) is 0 Å². The highest BCUT2D eigenvalue weighted by Gasteiger charge is 2.51. The Labute approximate surface area is 121 Å². The Morgan fingerprint density at radius 3 is 3.10 bits per heavy atom. The number of allylic oxidation sites excluding steroid dienone is 1. The predicted molar refractivity (Wildman–Crippen MR) is 83.0 cm³/mol. The lowest BCUT2D eigenvalue weighted by Crippen LogP contribution is -2.59. The molecule has 1 fully saturated rings. The van der Waals surface area contributed by atoms with Crippen LogP contribution >= 0.6 is 0 Å². The molecule has 1 aromatic rings. The number of piperidine rings is 1. The number of phenolic OH excluding ortho intramolecular Hbond substituents is 1. The van der Waals surface area contributed by atoms with Gasteiger partial charge in [0.1, 0.15) is 5.75 Å². The fraction of sp³-hybridized carbons (Fsp3) is 0.556. The van der Waals surface area contributed by atoms with Crippen LogP contribution in [0.15, 0.2) is 30.9 Å². The minimum atomic E-state index is 0.177. The fourth-order valence-corrected chi connectivity index (χ4v) is 4.69. The minimum absolute atomic E-state index is 0.177. The maximum Gasteiger partial charge on any atom is 0.115 e. The van der Waals surface area contributed by atoms with Gasteiger partial charge in [-0.05, 0) is 60.9 Å². The van der Waals surface area contributed by atoms with Gasteiger partial charge in [0.15, 0.2) is 0 Å². The number of rotatable bonds is 3. The first-order valence-corrected chi connectivity index (χ1v) is 7.76. The summed E-state index contributed by atoms with van der Waals surface area (Å²) in [6, 6.07) is 6.53. The molecule has 2 aliphatic rings. The van der Waals surface area contributed by atoms with Gasteiger partial charge >= 0.3 is 0 Å². The maximum atomic E-state index is 9.96. The minimum Gasteiger partial charge on any atom is -0.508 e. The van der Waals surface area contributed by atoms with Gasteiger partial charge in [-0.3, -0.25) is 0 Å². The SMILES string of the molecule is C=CC[C@H](C)[C@]12CCN[C@@H](Cc3ccc(O)cc31)[C@H]2C. The quantitative estimate of drug-likeness (QED) is 0.826. The third kappa shape index (κ3) is 1.81. The molecule has 3 rings (SSSR count). The molecule has 4 atom stereocenters. The molecule has 0 unspecified atom stereocenters. The molecule has 2 heteroatoms. The first kappa shape index (κ1) is 13.7. The summed E-state index contributed by atoms with van der Waals surface area (Å²) in [6.45, 7) is 9.73. The second-order valence-corrected chi connectivity index (χ2v) is 6.61. The lowest BCUT2D eigenvalue weighted by atomic mass is 9.53. The van der Waals surface area contributed by atoms with Crippen LogP contribution < -0.4 is 5.32 Å². The van der Waals surface area contributed by atoms with Gasteiger partial charge in [0, 0.05) is 11.5 Å². The van der Waals surface area contributed by atoms with Crippen molar-refractivity contribution in [1.29, 1.82) is 0 Å². The summed E-state index contributed by atoms with van der Waals surface area (Å²) in [5.74, 6) is 1.55. The number of benzene rings is 1. The Bertz CT molecular complexity index is 524. The van der Waals surface area contributed by atoms with Crippen LogP contribution in [-0.4, -0.2) is 17.7 Å². The van der Waals surface area contributed by atoms with Crippen molar-refractivity contribution in [1.82, 2.24) is 5.32 Å². The molecule has 2 bridgehead atoms. The second-order valence-electron chi connectivity index (χ2n) is 6.61. The highest BCUT2D eigenvalue weighted by Crippen LogP contribution is 2.52. The van der Waals surface area contributed by atoms with Crippen molar-refractivity contribution in [3.05, 3.63) is 42.0 Å². The van der Waals surface area contributed by atoms with Crippen LogP contribution in [0.5, 0.6) is 5.75 Å². The molecule has 20 heavy (non-hydrogen) atoms. The van der Waals surface area contributed by atoms with E-state index in [1.165, 1.54) is 11.1 Å². The summed E-state index contributed by atoms with van der Waals surface area (Å²) in [4.78, 5) is 0. The molecule has 0 aromatic heterocycles. The van der Waals surface area contributed by atoms with E-state index in [2.05, 4.69) is 31.8 Å². The Morgan fingerprint density at radius 1 is 1.55 bits per heavy atom. The summed E-state index contributed by atoms with van der Waals surface area (Å²) >= 11 is 0. The van der Waals surface area contributed by atoms with E-state index in [9.17, 15) is 5.11 Å². The van der Waals surface area contributed by atoms with Crippen molar-refractivity contribution >= 4 is 0 Å². The molecular weight excluding hydrogens is 246 g/mol. The van der Waals surface area contributed by atoms with Gasteiger partial charge in [-0.15, -0.1) is 6.58 Å². The molecule has 1 aliphatic carbocycles. The third-order valence-corrected chi connectivity index (χ3v) is 5.80. The lowest BCUT2D eigenvalue weighted by molar-refractivity contribution is 0.0887. The van der Waals surface area contributed by atoms with E-state index in [0.29, 0.717) is 23.6 Å². The molecule has 2 nitrogen and oxygen atoms in total. The standard InChI is InChI=1S/C18H25NO/c1-4-5-12(2)18-8-9-19-17(13(18)3)10-14-6-7-15(20)11-16(14)18/h4,6-7,11-13,17,19-20H,1,5,8-10H2,2-3H3/t12-,13+,17-,18-/m0/s1. The molecule has 2 N–H and O–H groups in total. The fourth-order valence-electron chi connectivity index (χ4n) is 4.69. The van der Waals surface area contributed by atoms with Gasteiger partial charge < -0.3 is 10.4 Å². The van der Waals surface area contributed by atoms with E-state index in [-0.39, 0.29) is 5.41 Å². The maximum absolute atomic E-state index is 9.96. The molecule has 0 amide bonds. The molecule has 108 valence electrons. The van der Waals surface area contributed by atoms with Gasteiger partial charge in [0.2, 0.25) is 0 Å². The van der Waals surface area contributed by atoms with Gasteiger partial charge in [-0.1, -0.05) is 26.0 Å². The number of phenols is 1. The van der Waals surface area contributed by atoms with Crippen molar-refractivity contribution in [3.63, 3.8) is 0 Å². The molecule has 0 radical (unpaired) electrons. The number of hydrogen-bond acceptors (Lipinski definition) is 2. The Balaban J connectivity index is 2.17. The zero-order valence-electron chi connectivity index (χ0n) is 12.5. The van der Waals surface area contributed by atoms with Gasteiger partial charge in [0.25, 0.3) is 0 Å². The largest absolute Gasteiger partial charge is 0.508 e. The summed E-state index contributed by atoms with van der Waals surface area (Å²) in [5.41, 5.74) is 2.97. The second kappa shape index (κ2) is 4.92. The van der Waals surface area contributed by atoms with Gasteiger partial charge in [-0.2, -0.15) is 0 Å². The van der Waals surface area contributed by atoms with Gasteiger partial charge in [-0.25, -0.2) is 0 Å². The summed E-state index contributed by atoms with van der Waals surface area (Å²) in [6.07, 6.45) is 5.31. The first-order valence-electron chi connectivity index (χ1n) is 7.76. The third-order valence-electron chi connectivity index (χ3n) is 5.80. The number of fused-ring (bicyclic) bond motifs is 4. The molecule has 1 saturated heterocycles. The predicted octanol–water partition coefficient (Wildman–Crippen LogP) is 3.40. The van der Waals surface area contributed by atoms with Crippen LogP contribution in [0.3, 0.4) is 0 Å². The smallest absolute Gasteiger partial charge is 0.115 e. The van der Waals surface area contributed by atoms with E-state index < -0.39 is 0 Å². The zero-order valence-corrected chi connectivity index (χ0v) is 12.5. The average molecular weight is 271 g/mol. The monoisotopic (exact) mass is 271 g/mol. The topological polar surface area (TPSA) is 32.3 Å². The van der Waals surface area contributed by atoms with Crippen LogP contribution in [0.1, 0.15) is 37.8 Å². The normalized spacial score (nSPS) is 33.3. The first-order chi connectivity index (χ1) is 9.59. The van der Waals surface area contributed by atoms with Gasteiger partial charge in [0.05, 0.1) is 0 Å². The van der Waals surface area contributed by atoms with Crippen LogP contribution in [0.4, 0.5) is 0 Å². The van der Waals surface area contributed by atoms with E-state index in [0.717, 1.165) is 25.8 Å². The van der Waals surface area contributed by atoms with E-state index in [1.54, 1.807) is 0 Å². The molecular formula is C18H25NO. The molecule has 0 spiro atoms. The molecule has 1 aliphatic heterocycles. The van der Waals surface area contributed by atoms with Crippen LogP contribution in [-0.2, 0) is 11.8 Å². The highest BCUT2D eigenvalue weighted by atomic mass is 16.3. The van der Waals surface area contributed by atoms with Crippen molar-refractivity contribution < 1.29 is 5.11 Å². The Morgan fingerprint density at radius 2 is 2.35 bits per heavy atom. The van der Waals surface area contributed by atoms with Crippen molar-refractivity contribution in [3.8, 4) is 5.75 Å². The van der Waals surface area contributed by atoms with Crippen LogP contribution in [0.25, 0.3) is 0 Å². The van der Waals surface area contributed by atoms with Crippen molar-refractivity contribution in [2.24, 2.45) is 11.8 Å². The van der Waals surface area contributed by atoms with E-state index in [1.807, 2.05) is 18.2 Å².